The first-order valence-corrected chi connectivity index (χ1v) is 9.24. The molecule has 0 saturated carbocycles. The first kappa shape index (κ1) is 17.7. The molecule has 8 heteroatoms. The van der Waals surface area contributed by atoms with Crippen molar-refractivity contribution < 1.29 is 14.1 Å². The van der Waals surface area contributed by atoms with Crippen LogP contribution < -0.4 is 0 Å². The molecule has 1 fully saturated rings. The maximum atomic E-state index is 12.9. The number of aryl methyl sites for hydroxylation is 1. The summed E-state index contributed by atoms with van der Waals surface area (Å²) in [5.41, 5.74) is 1.96. The third kappa shape index (κ3) is 3.57. The lowest BCUT2D eigenvalue weighted by Crippen LogP contribution is -2.44. The molecule has 1 atom stereocenters. The first-order valence-electron chi connectivity index (χ1n) is 9.24. The Kier molecular flexibility index (Phi) is 4.89. The predicted octanol–water partition coefficient (Wildman–Crippen LogP) is 2.53. The Morgan fingerprint density at radius 3 is 3.00 bits per heavy atom. The molecule has 0 bridgehead atoms. The predicted molar refractivity (Wildman–Crippen MR) is 98.0 cm³/mol. The molecular formula is C19H23N5O3. The molecule has 0 spiro atoms. The molecule has 0 aliphatic carbocycles. The van der Waals surface area contributed by atoms with Crippen LogP contribution in [0.4, 0.5) is 0 Å². The third-order valence-corrected chi connectivity index (χ3v) is 4.79. The summed E-state index contributed by atoms with van der Waals surface area (Å²) in [6.45, 7) is 5.99. The largest absolute Gasteiger partial charge is 0.377 e. The SMILES string of the molecule is CC(C)c1nc(C2COCCN2C(=O)CCn2cnc3ccccc32)no1. The first-order chi connectivity index (χ1) is 13.1. The van der Waals surface area contributed by atoms with Crippen molar-refractivity contribution in [2.75, 3.05) is 19.8 Å². The Labute approximate surface area is 157 Å². The molecule has 1 saturated heterocycles. The Balaban J connectivity index is 1.47. The molecule has 3 aromatic rings. The summed E-state index contributed by atoms with van der Waals surface area (Å²) in [6.07, 6.45) is 2.16. The van der Waals surface area contributed by atoms with Gasteiger partial charge in [0.2, 0.25) is 11.8 Å². The fourth-order valence-corrected chi connectivity index (χ4v) is 3.28. The number of para-hydroxylation sites is 2. The quantitative estimate of drug-likeness (QED) is 0.687. The van der Waals surface area contributed by atoms with Gasteiger partial charge in [-0.15, -0.1) is 0 Å². The van der Waals surface area contributed by atoms with Gasteiger partial charge in [0.05, 0.1) is 30.6 Å². The second-order valence-electron chi connectivity index (χ2n) is 7.00. The maximum absolute atomic E-state index is 12.9. The van der Waals surface area contributed by atoms with Crippen LogP contribution in [0, 0.1) is 0 Å². The fraction of sp³-hybridized carbons (Fsp3) is 0.474. The highest BCUT2D eigenvalue weighted by Crippen LogP contribution is 2.24. The summed E-state index contributed by atoms with van der Waals surface area (Å²) >= 11 is 0. The molecule has 4 rings (SSSR count). The molecule has 8 nitrogen and oxygen atoms in total. The number of hydrogen-bond donors (Lipinski definition) is 0. The minimum absolute atomic E-state index is 0.0528. The van der Waals surface area contributed by atoms with Crippen molar-refractivity contribution in [3.63, 3.8) is 0 Å². The number of carbonyl (C=O) groups excluding carboxylic acids is 1. The van der Waals surface area contributed by atoms with Crippen LogP contribution in [-0.2, 0) is 16.1 Å². The third-order valence-electron chi connectivity index (χ3n) is 4.79. The number of fused-ring (bicyclic) bond motifs is 1. The lowest BCUT2D eigenvalue weighted by Gasteiger charge is -2.33. The van der Waals surface area contributed by atoms with Gasteiger partial charge >= 0.3 is 0 Å². The van der Waals surface area contributed by atoms with Crippen LogP contribution in [0.3, 0.4) is 0 Å². The second kappa shape index (κ2) is 7.48. The van der Waals surface area contributed by atoms with E-state index in [0.717, 1.165) is 11.0 Å². The number of nitrogens with zero attached hydrogens (tertiary/aromatic N) is 5. The molecule has 142 valence electrons. The average Bonchev–Trinajstić information content (AvgIpc) is 3.34. The molecule has 1 unspecified atom stereocenters. The van der Waals surface area contributed by atoms with E-state index >= 15 is 0 Å². The number of aromatic nitrogens is 4. The number of rotatable bonds is 5. The zero-order valence-corrected chi connectivity index (χ0v) is 15.5. The van der Waals surface area contributed by atoms with Crippen LogP contribution in [0.5, 0.6) is 0 Å². The molecule has 0 radical (unpaired) electrons. The van der Waals surface area contributed by atoms with Crippen molar-refractivity contribution in [3.05, 3.63) is 42.3 Å². The molecule has 1 aliphatic rings. The normalized spacial score (nSPS) is 17.7. The molecule has 1 amide bonds. The molecule has 1 aliphatic heterocycles. The summed E-state index contributed by atoms with van der Waals surface area (Å²) in [5.74, 6) is 1.29. The highest BCUT2D eigenvalue weighted by atomic mass is 16.5. The van der Waals surface area contributed by atoms with E-state index in [1.165, 1.54) is 0 Å². The summed E-state index contributed by atoms with van der Waals surface area (Å²) < 4.78 is 12.9. The van der Waals surface area contributed by atoms with Crippen molar-refractivity contribution in [2.45, 2.75) is 38.8 Å². The van der Waals surface area contributed by atoms with Gasteiger partial charge in [-0.3, -0.25) is 4.79 Å². The van der Waals surface area contributed by atoms with Crippen LogP contribution >= 0.6 is 0 Å². The van der Waals surface area contributed by atoms with E-state index in [1.807, 2.05) is 42.7 Å². The van der Waals surface area contributed by atoms with Gasteiger partial charge in [-0.25, -0.2) is 4.98 Å². The minimum Gasteiger partial charge on any atom is -0.377 e. The Morgan fingerprint density at radius 1 is 1.33 bits per heavy atom. The topological polar surface area (TPSA) is 86.3 Å². The Morgan fingerprint density at radius 2 is 2.19 bits per heavy atom. The van der Waals surface area contributed by atoms with E-state index in [0.29, 0.717) is 44.4 Å². The van der Waals surface area contributed by atoms with Gasteiger partial charge in [-0.05, 0) is 12.1 Å². The van der Waals surface area contributed by atoms with E-state index in [1.54, 1.807) is 11.2 Å². The van der Waals surface area contributed by atoms with Crippen LogP contribution in [0.2, 0.25) is 0 Å². The Bertz CT molecular complexity index is 932. The number of ether oxygens (including phenoxy) is 1. The van der Waals surface area contributed by atoms with Gasteiger partial charge in [0.15, 0.2) is 5.82 Å². The monoisotopic (exact) mass is 369 g/mol. The van der Waals surface area contributed by atoms with Crippen LogP contribution in [0.15, 0.2) is 35.1 Å². The van der Waals surface area contributed by atoms with E-state index < -0.39 is 0 Å². The van der Waals surface area contributed by atoms with Crippen molar-refractivity contribution >= 4 is 16.9 Å². The van der Waals surface area contributed by atoms with E-state index in [4.69, 9.17) is 9.26 Å². The lowest BCUT2D eigenvalue weighted by atomic mass is 10.2. The van der Waals surface area contributed by atoms with Gasteiger partial charge in [0, 0.05) is 25.4 Å². The zero-order chi connectivity index (χ0) is 18.8. The zero-order valence-electron chi connectivity index (χ0n) is 15.5. The van der Waals surface area contributed by atoms with Gasteiger partial charge in [0.25, 0.3) is 0 Å². The highest BCUT2D eigenvalue weighted by molar-refractivity contribution is 5.78. The number of amides is 1. The second-order valence-corrected chi connectivity index (χ2v) is 7.00. The van der Waals surface area contributed by atoms with Gasteiger partial charge in [0.1, 0.15) is 6.04 Å². The van der Waals surface area contributed by atoms with Gasteiger partial charge < -0.3 is 18.7 Å². The average molecular weight is 369 g/mol. The molecule has 0 N–H and O–H groups in total. The number of imidazole rings is 1. The lowest BCUT2D eigenvalue weighted by molar-refractivity contribution is -0.140. The van der Waals surface area contributed by atoms with E-state index in [-0.39, 0.29) is 17.9 Å². The van der Waals surface area contributed by atoms with Crippen molar-refractivity contribution in [3.8, 4) is 0 Å². The number of carbonyl (C=O) groups is 1. The molecule has 2 aromatic heterocycles. The molecule has 1 aromatic carbocycles. The van der Waals surface area contributed by atoms with Gasteiger partial charge in [-0.1, -0.05) is 31.1 Å². The van der Waals surface area contributed by atoms with E-state index in [2.05, 4.69) is 15.1 Å². The Hall–Kier alpha value is -2.74. The van der Waals surface area contributed by atoms with E-state index in [9.17, 15) is 4.79 Å². The minimum atomic E-state index is -0.304. The standard InChI is InChI=1S/C19H23N5O3/c1-13(2)19-21-18(22-27-19)16-11-26-10-9-24(16)17(25)7-8-23-12-20-14-5-3-4-6-15(14)23/h3-6,12-13,16H,7-11H2,1-2H3. The number of benzene rings is 1. The van der Waals surface area contributed by atoms with Crippen molar-refractivity contribution in [2.24, 2.45) is 0 Å². The molecule has 3 heterocycles. The summed E-state index contributed by atoms with van der Waals surface area (Å²) in [6, 6.07) is 7.61. The van der Waals surface area contributed by atoms with Crippen LogP contribution in [-0.4, -0.2) is 50.3 Å². The van der Waals surface area contributed by atoms with Crippen LogP contribution in [0.1, 0.15) is 43.9 Å². The fourth-order valence-electron chi connectivity index (χ4n) is 3.28. The summed E-state index contributed by atoms with van der Waals surface area (Å²) in [5, 5.41) is 4.07. The van der Waals surface area contributed by atoms with Gasteiger partial charge in [-0.2, -0.15) is 4.98 Å². The summed E-state index contributed by atoms with van der Waals surface area (Å²) in [4.78, 5) is 23.5. The van der Waals surface area contributed by atoms with Crippen LogP contribution in [0.25, 0.3) is 11.0 Å². The molecular weight excluding hydrogens is 346 g/mol. The summed E-state index contributed by atoms with van der Waals surface area (Å²) in [7, 11) is 0. The molecule has 27 heavy (non-hydrogen) atoms. The highest BCUT2D eigenvalue weighted by Gasteiger charge is 2.32. The number of morpholine rings is 1. The number of hydrogen-bond acceptors (Lipinski definition) is 6. The van der Waals surface area contributed by atoms with Crippen molar-refractivity contribution in [1.29, 1.82) is 0 Å². The smallest absolute Gasteiger partial charge is 0.229 e. The van der Waals surface area contributed by atoms with Crippen molar-refractivity contribution in [1.82, 2.24) is 24.6 Å². The maximum Gasteiger partial charge on any atom is 0.229 e.